The third-order valence-electron chi connectivity index (χ3n) is 26.3. The average Bonchev–Trinajstić information content (AvgIpc) is 1.34. The Hall–Kier alpha value is -15.6. The number of nitrogens with zero attached hydrogens (tertiary/aromatic N) is 13. The third kappa shape index (κ3) is 20.8. The Morgan fingerprint density at radius 2 is 1.11 bits per heavy atom. The molecule has 5 aliphatic heterocycles. The molecule has 9 heterocycles. The zero-order valence-corrected chi connectivity index (χ0v) is 80.9. The molecule has 2 fully saturated rings. The summed E-state index contributed by atoms with van der Waals surface area (Å²) in [5.41, 5.74) is 40.3. The van der Waals surface area contributed by atoms with Crippen molar-refractivity contribution in [2.75, 3.05) is 46.1 Å². The Morgan fingerprint density at radius 1 is 0.521 bits per heavy atom. The first-order valence-electron chi connectivity index (χ1n) is 46.1. The Bertz CT molecular complexity index is 6900. The van der Waals surface area contributed by atoms with Gasteiger partial charge in [0.1, 0.15) is 28.5 Å². The number of hydrogen-bond donors (Lipinski definition) is 7. The minimum absolute atomic E-state index is 0.0777. The predicted molar refractivity (Wildman–Crippen MR) is 550 cm³/mol. The van der Waals surface area contributed by atoms with Crippen LogP contribution in [0.5, 0.6) is 0 Å². The Balaban J connectivity index is 0.000000128. The molecule has 7 aliphatic rings. The Labute approximate surface area is 826 Å². The number of hydrogen-bond acceptors (Lipinski definition) is 22. The lowest BCUT2D eigenvalue weighted by Gasteiger charge is -2.40. The Morgan fingerprint density at radius 3 is 1.71 bits per heavy atom. The molecular formula is C110H108ClFN20O6S2. The summed E-state index contributed by atoms with van der Waals surface area (Å²) in [6.45, 7) is 9.79. The quantitative estimate of drug-likeness (QED) is 0.0310. The fourth-order valence-electron chi connectivity index (χ4n) is 18.4. The van der Waals surface area contributed by atoms with Gasteiger partial charge < -0.3 is 44.2 Å². The summed E-state index contributed by atoms with van der Waals surface area (Å²) in [4.78, 5) is 120. The first kappa shape index (κ1) is 97.4. The topological polar surface area (TPSA) is 384 Å². The van der Waals surface area contributed by atoms with E-state index in [9.17, 15) is 38.4 Å². The van der Waals surface area contributed by atoms with Crippen LogP contribution in [0.1, 0.15) is 157 Å². The molecule has 26 nitrogen and oxygen atoms in total. The zero-order chi connectivity index (χ0) is 98.8. The maximum Gasteiger partial charge on any atom is 0.266 e. The smallest absolute Gasteiger partial charge is 0.266 e. The van der Waals surface area contributed by atoms with Gasteiger partial charge in [0.2, 0.25) is 11.8 Å². The summed E-state index contributed by atoms with van der Waals surface area (Å²) >= 11 is 9.06. The molecule has 2 saturated carbocycles. The van der Waals surface area contributed by atoms with Crippen LogP contribution in [0.4, 0.5) is 10.1 Å². The number of aryl methyl sites for hydroxylation is 1. The molecule has 0 saturated heterocycles. The van der Waals surface area contributed by atoms with E-state index < -0.39 is 39.4 Å². The van der Waals surface area contributed by atoms with Crippen molar-refractivity contribution in [3.8, 4) is 27.6 Å². The van der Waals surface area contributed by atoms with Crippen LogP contribution in [0.3, 0.4) is 0 Å². The molecule has 12 N–H and O–H groups in total. The first-order chi connectivity index (χ1) is 67.4. The highest BCUT2D eigenvalue weighted by molar-refractivity contribution is 7.15. The van der Waals surface area contributed by atoms with Gasteiger partial charge in [-0.25, -0.2) is 29.4 Å². The second-order valence-corrected chi connectivity index (χ2v) is 38.5. The molecule has 9 aromatic carbocycles. The summed E-state index contributed by atoms with van der Waals surface area (Å²) in [5.74, 6) is 0.626. The number of pyridine rings is 2. The van der Waals surface area contributed by atoms with Crippen molar-refractivity contribution in [1.82, 2.24) is 39.8 Å². The van der Waals surface area contributed by atoms with Gasteiger partial charge in [0, 0.05) is 119 Å². The van der Waals surface area contributed by atoms with Gasteiger partial charge in [-0.1, -0.05) is 206 Å². The number of carbonyl (C=O) groups is 6. The number of nitrogens with two attached hydrogens (primary N) is 5. The van der Waals surface area contributed by atoms with Crippen LogP contribution >= 0.6 is 34.3 Å². The summed E-state index contributed by atoms with van der Waals surface area (Å²) in [6.07, 6.45) is 13.3. The highest BCUT2D eigenvalue weighted by Crippen LogP contribution is 2.53. The summed E-state index contributed by atoms with van der Waals surface area (Å²) < 4.78 is 13.5. The molecule has 0 spiro atoms. The molecule has 0 radical (unpaired) electrons. The number of aromatic nitrogens is 2. The third-order valence-corrected chi connectivity index (χ3v) is 29.1. The number of aliphatic imine (C=N–C) groups is 5. The molecule has 710 valence electrons. The van der Waals surface area contributed by atoms with Gasteiger partial charge in [-0.3, -0.25) is 58.3 Å². The van der Waals surface area contributed by atoms with E-state index in [2.05, 4.69) is 91.3 Å². The lowest BCUT2D eigenvalue weighted by Crippen LogP contribution is -2.54. The van der Waals surface area contributed by atoms with Gasteiger partial charge in [-0.15, -0.1) is 22.7 Å². The number of nitriles is 1. The van der Waals surface area contributed by atoms with Gasteiger partial charge in [0.25, 0.3) is 23.6 Å². The highest BCUT2D eigenvalue weighted by atomic mass is 35.5. The van der Waals surface area contributed by atoms with Crippen LogP contribution in [0.15, 0.2) is 334 Å². The van der Waals surface area contributed by atoms with Gasteiger partial charge in [-0.2, -0.15) is 5.26 Å². The zero-order valence-electron chi connectivity index (χ0n) is 78.5. The largest absolute Gasteiger partial charge is 0.370 e. The summed E-state index contributed by atoms with van der Waals surface area (Å²) in [6, 6.07) is 89.6. The van der Waals surface area contributed by atoms with Crippen molar-refractivity contribution >= 4 is 105 Å². The van der Waals surface area contributed by atoms with E-state index in [-0.39, 0.29) is 64.8 Å². The number of benzene rings is 9. The van der Waals surface area contributed by atoms with E-state index in [1.165, 1.54) is 62.6 Å². The first-order valence-corrected chi connectivity index (χ1v) is 48.2. The molecular weight excluding hydrogens is 1820 g/mol. The van der Waals surface area contributed by atoms with Crippen molar-refractivity contribution in [3.63, 3.8) is 0 Å². The van der Waals surface area contributed by atoms with Gasteiger partial charge in [0.05, 0.1) is 23.9 Å². The van der Waals surface area contributed by atoms with Gasteiger partial charge >= 0.3 is 0 Å². The minimum atomic E-state index is -1.19. The van der Waals surface area contributed by atoms with Crippen molar-refractivity contribution in [2.24, 2.45) is 65.5 Å². The standard InChI is InChI=1S/C29H25FN4O.C26H25ClN4O2.C20H20N4OS.C18H20N4OS.C17H18N4O/c30-25-15-8-10-22(18-25)27(35)32-26-16-7-9-21(17-26)19-34-20-29(33-28(34)31,23-11-3-1-4-12-23)24-13-5-2-6-14-24;27-22-15-9-10-19(18-22)23(32)29-16-7-8-17-31-24(33)26(30-25(31)28,20-11-3-1-4-12-20)21-13-5-2-6-14-21;1-20(16-9-12(10-21)11-26-16)17(18(25)24(2)19(22)23-20)15-7-5-14(6-8-15)13-3-4-13;1-18(14-8-7-13(24-14)12-4-3-9-20-10-12)15(11-5-6-11)16(23)22(2)17(19)21-18;1-11-7-13(10-19-9-11)12-5-4-6-14(8-12)17(2)15(22)21(3)16(18)20-17/h1-18H,19-20H2,(H2,31,33)(H,32,35);1-6,9-15,18H,7-8,16-17H2,(H2,28,30)(H,29,32);5-9,11,13,17H,3-4H2,1-2H3,(H2,22,23);3-4,7-11,15H,5-6H2,1-2H3,(H2,19,21);4-10H,1-3H3,(H2,18,20)/t;;17-,20+;15-,18+;/m..00./s1. The number of thiophene rings is 2. The van der Waals surface area contributed by atoms with Crippen LogP contribution in [0.25, 0.3) is 21.6 Å². The molecule has 140 heavy (non-hydrogen) atoms. The van der Waals surface area contributed by atoms with Gasteiger partial charge in [-0.05, 0) is 219 Å². The lowest BCUT2D eigenvalue weighted by atomic mass is 9.77. The molecule has 4 aromatic heterocycles. The molecule has 5 atom stereocenters. The van der Waals surface area contributed by atoms with E-state index in [0.29, 0.717) is 84.6 Å². The fourth-order valence-corrected chi connectivity index (χ4v) is 20.6. The maximum absolute atomic E-state index is 13.7. The second kappa shape index (κ2) is 41.7. The number of rotatable bonds is 22. The predicted octanol–water partition coefficient (Wildman–Crippen LogP) is 17.3. The second-order valence-electron chi connectivity index (χ2n) is 36.1. The fraction of sp³-hybridized carbons (Fsp3) is 0.236. The van der Waals surface area contributed by atoms with Crippen LogP contribution in [0, 0.1) is 35.9 Å². The number of amides is 6. The van der Waals surface area contributed by atoms with E-state index in [1.54, 1.807) is 92.3 Å². The molecule has 0 bridgehead atoms. The van der Waals surface area contributed by atoms with Crippen molar-refractivity contribution in [2.45, 2.75) is 112 Å². The van der Waals surface area contributed by atoms with E-state index in [1.807, 2.05) is 214 Å². The number of guanidine groups is 5. The number of anilines is 1. The van der Waals surface area contributed by atoms with Crippen LogP contribution in [-0.2, 0) is 53.4 Å². The summed E-state index contributed by atoms with van der Waals surface area (Å²) in [7, 11) is 5.01. The Kier molecular flexibility index (Phi) is 29.1. The highest BCUT2D eigenvalue weighted by Gasteiger charge is 2.55. The number of carbonyl (C=O) groups excluding carboxylic acids is 6. The van der Waals surface area contributed by atoms with E-state index in [0.717, 1.165) is 88.7 Å². The molecule has 2 aliphatic carbocycles. The normalized spacial score (nSPS) is 19.9. The number of nitrogens with one attached hydrogen (secondary N) is 2. The number of unbranched alkanes of at least 4 members (excludes halogenated alkanes) is 1. The number of likely N-dealkylation sites (N-methyl/N-ethyl adjacent to an activating group) is 2. The molecule has 30 heteroatoms. The van der Waals surface area contributed by atoms with Crippen molar-refractivity contribution in [1.29, 1.82) is 5.26 Å². The lowest BCUT2D eigenvalue weighted by molar-refractivity contribution is -0.135. The van der Waals surface area contributed by atoms with E-state index in [4.69, 9.17) is 55.2 Å². The number of halogens is 2. The minimum Gasteiger partial charge on any atom is -0.370 e. The molecule has 20 rings (SSSR count). The van der Waals surface area contributed by atoms with Crippen molar-refractivity contribution < 1.29 is 33.2 Å². The van der Waals surface area contributed by atoms with Crippen molar-refractivity contribution in [3.05, 3.63) is 397 Å². The monoisotopic (exact) mass is 1920 g/mol. The maximum atomic E-state index is 13.7. The molecule has 1 unspecified atom stereocenters. The SMILES string of the molecule is CN1C(=O)[C@H](C2CC2)[C@@](C)(c2ccc(-c3cccnc3)s2)N=C1N.CN1C(=O)[C@H](c2ccc(C3CC3)cc2)[C@@](C)(c2cc(C#N)cs2)N=C1N.Cc1cncc(-c2cccc(C3(C)N=C(N)N(C)C3=O)c2)c1.NC1=NC(c2ccccc2)(c2ccccc2)C(=O)N1CCCCNC(=O)c1cccc(Cl)c1.NC1=NC(c2ccccc2)(c2ccccc2)CN1Cc1cccc(NC(=O)c2cccc(F)c2)c1. The van der Waals surface area contributed by atoms with E-state index >= 15 is 0 Å². The average molecular weight is 1920 g/mol. The van der Waals surface area contributed by atoms with Crippen LogP contribution in [-0.4, -0.2) is 140 Å². The van der Waals surface area contributed by atoms with Gasteiger partial charge in [0.15, 0.2) is 40.9 Å². The van der Waals surface area contributed by atoms with Crippen LogP contribution in [0.2, 0.25) is 5.02 Å². The molecule has 6 amide bonds. The molecule has 13 aromatic rings. The summed E-state index contributed by atoms with van der Waals surface area (Å²) in [5, 5.41) is 17.2. The van der Waals surface area contributed by atoms with Crippen LogP contribution < -0.4 is 39.3 Å².